The maximum Gasteiger partial charge on any atom is 0.340 e. The molecule has 0 bridgehead atoms. The summed E-state index contributed by atoms with van der Waals surface area (Å²) >= 11 is 0. The normalized spacial score (nSPS) is 13.3. The average Bonchev–Trinajstić information content (AvgIpc) is 3.45. The smallest absolute Gasteiger partial charge is 0.340 e. The fourth-order valence-corrected chi connectivity index (χ4v) is 3.13. The molecule has 3 aromatic rings. The molecule has 27 heavy (non-hydrogen) atoms. The SMILES string of the molecule is COC(=O)c1cccc2nc(CNc3ncnc(N)c3C#N)n(C3CC3)c12. The summed E-state index contributed by atoms with van der Waals surface area (Å²) in [5.74, 6) is 0.841. The first kappa shape index (κ1) is 16.8. The van der Waals surface area contributed by atoms with Crippen LogP contribution in [0.15, 0.2) is 24.5 Å². The Hall–Kier alpha value is -3.67. The Morgan fingerprint density at radius 2 is 2.26 bits per heavy atom. The molecule has 1 saturated carbocycles. The van der Waals surface area contributed by atoms with E-state index in [1.165, 1.54) is 13.4 Å². The van der Waals surface area contributed by atoms with Crippen LogP contribution >= 0.6 is 0 Å². The number of hydrogen-bond acceptors (Lipinski definition) is 8. The number of nitrogens with one attached hydrogen (secondary N) is 1. The van der Waals surface area contributed by atoms with Gasteiger partial charge in [-0.2, -0.15) is 5.26 Å². The highest BCUT2D eigenvalue weighted by Gasteiger charge is 2.30. The largest absolute Gasteiger partial charge is 0.465 e. The molecule has 0 radical (unpaired) electrons. The second-order valence-electron chi connectivity index (χ2n) is 6.24. The third-order valence-electron chi connectivity index (χ3n) is 4.50. The lowest BCUT2D eigenvalue weighted by Gasteiger charge is -2.11. The van der Waals surface area contributed by atoms with Gasteiger partial charge in [-0.25, -0.2) is 19.7 Å². The van der Waals surface area contributed by atoms with Gasteiger partial charge in [-0.1, -0.05) is 6.07 Å². The van der Waals surface area contributed by atoms with Gasteiger partial charge in [-0.15, -0.1) is 0 Å². The maximum atomic E-state index is 12.2. The average molecular weight is 363 g/mol. The topological polar surface area (TPSA) is 132 Å². The molecule has 0 saturated heterocycles. The third kappa shape index (κ3) is 2.91. The van der Waals surface area contributed by atoms with Crippen molar-refractivity contribution < 1.29 is 9.53 Å². The Morgan fingerprint density at radius 1 is 1.44 bits per heavy atom. The number of rotatable bonds is 5. The number of carbonyl (C=O) groups is 1. The number of imidazole rings is 1. The van der Waals surface area contributed by atoms with Crippen molar-refractivity contribution in [3.05, 3.63) is 41.5 Å². The van der Waals surface area contributed by atoms with Crippen molar-refractivity contribution in [2.45, 2.75) is 25.4 Å². The summed E-state index contributed by atoms with van der Waals surface area (Å²) in [6.45, 7) is 0.330. The van der Waals surface area contributed by atoms with Gasteiger partial charge in [-0.3, -0.25) is 0 Å². The van der Waals surface area contributed by atoms with E-state index in [0.717, 1.165) is 29.7 Å². The van der Waals surface area contributed by atoms with Gasteiger partial charge in [0.25, 0.3) is 0 Å². The first-order valence-electron chi connectivity index (χ1n) is 8.46. The van der Waals surface area contributed by atoms with Gasteiger partial charge in [0.05, 0.1) is 30.3 Å². The van der Waals surface area contributed by atoms with Crippen molar-refractivity contribution in [1.82, 2.24) is 19.5 Å². The number of nitrogens with two attached hydrogens (primary N) is 1. The van der Waals surface area contributed by atoms with Crippen LogP contribution in [0.5, 0.6) is 0 Å². The highest BCUT2D eigenvalue weighted by atomic mass is 16.5. The van der Waals surface area contributed by atoms with E-state index in [2.05, 4.69) is 24.8 Å². The van der Waals surface area contributed by atoms with Crippen LogP contribution in [0.3, 0.4) is 0 Å². The number of ether oxygens (including phenoxy) is 1. The van der Waals surface area contributed by atoms with E-state index in [-0.39, 0.29) is 11.4 Å². The Kier molecular flexibility index (Phi) is 4.08. The van der Waals surface area contributed by atoms with E-state index in [4.69, 9.17) is 10.5 Å². The summed E-state index contributed by atoms with van der Waals surface area (Å²) in [4.78, 5) is 24.8. The van der Waals surface area contributed by atoms with Crippen LogP contribution < -0.4 is 11.1 Å². The van der Waals surface area contributed by atoms with Crippen molar-refractivity contribution in [1.29, 1.82) is 5.26 Å². The molecule has 0 spiro atoms. The van der Waals surface area contributed by atoms with E-state index in [0.29, 0.717) is 24.0 Å². The summed E-state index contributed by atoms with van der Waals surface area (Å²) in [5, 5.41) is 12.4. The number of esters is 1. The number of carbonyl (C=O) groups excluding carboxylic acids is 1. The lowest BCUT2D eigenvalue weighted by atomic mass is 10.2. The molecule has 2 heterocycles. The molecule has 3 N–H and O–H groups in total. The van der Waals surface area contributed by atoms with E-state index in [1.807, 2.05) is 12.1 Å². The molecule has 136 valence electrons. The van der Waals surface area contributed by atoms with Crippen LogP contribution in [0.25, 0.3) is 11.0 Å². The molecule has 1 aliphatic carbocycles. The molecular weight excluding hydrogens is 346 g/mol. The number of para-hydroxylation sites is 1. The van der Waals surface area contributed by atoms with Gasteiger partial charge < -0.3 is 20.4 Å². The van der Waals surface area contributed by atoms with Crippen LogP contribution in [0.1, 0.15) is 40.6 Å². The minimum absolute atomic E-state index is 0.124. The molecule has 9 heteroatoms. The Balaban J connectivity index is 1.75. The number of fused-ring (bicyclic) bond motifs is 1. The van der Waals surface area contributed by atoms with Crippen molar-refractivity contribution in [3.63, 3.8) is 0 Å². The van der Waals surface area contributed by atoms with Crippen molar-refractivity contribution in [2.75, 3.05) is 18.2 Å². The lowest BCUT2D eigenvalue weighted by molar-refractivity contribution is 0.0602. The molecule has 0 unspecified atom stereocenters. The predicted molar refractivity (Wildman–Crippen MR) is 97.8 cm³/mol. The fourth-order valence-electron chi connectivity index (χ4n) is 3.13. The summed E-state index contributed by atoms with van der Waals surface area (Å²) in [5.41, 5.74) is 7.92. The number of methoxy groups -OCH3 is 1. The molecule has 2 aromatic heterocycles. The summed E-state index contributed by atoms with van der Waals surface area (Å²) < 4.78 is 6.99. The van der Waals surface area contributed by atoms with E-state index >= 15 is 0 Å². The molecule has 4 rings (SSSR count). The summed E-state index contributed by atoms with van der Waals surface area (Å²) in [6, 6.07) is 7.70. The molecular formula is C18H17N7O2. The molecule has 1 aromatic carbocycles. The Morgan fingerprint density at radius 3 is 2.96 bits per heavy atom. The van der Waals surface area contributed by atoms with Crippen molar-refractivity contribution >= 4 is 28.6 Å². The third-order valence-corrected chi connectivity index (χ3v) is 4.50. The van der Waals surface area contributed by atoms with Gasteiger partial charge in [0.1, 0.15) is 35.4 Å². The number of benzene rings is 1. The zero-order valence-electron chi connectivity index (χ0n) is 14.6. The van der Waals surface area contributed by atoms with Gasteiger partial charge >= 0.3 is 5.97 Å². The second kappa shape index (κ2) is 6.57. The zero-order valence-corrected chi connectivity index (χ0v) is 14.6. The summed E-state index contributed by atoms with van der Waals surface area (Å²) in [7, 11) is 1.37. The first-order chi connectivity index (χ1) is 13.1. The van der Waals surface area contributed by atoms with Gasteiger partial charge in [0.2, 0.25) is 0 Å². The Labute approximate surface area is 154 Å². The van der Waals surface area contributed by atoms with Crippen molar-refractivity contribution in [3.8, 4) is 6.07 Å². The lowest BCUT2D eigenvalue weighted by Crippen LogP contribution is -2.12. The van der Waals surface area contributed by atoms with Crippen LogP contribution in [0.2, 0.25) is 0 Å². The number of nitrogens with zero attached hydrogens (tertiary/aromatic N) is 5. The minimum Gasteiger partial charge on any atom is -0.465 e. The second-order valence-corrected chi connectivity index (χ2v) is 6.24. The molecule has 0 amide bonds. The first-order valence-corrected chi connectivity index (χ1v) is 8.46. The number of anilines is 2. The Bertz CT molecular complexity index is 1080. The van der Waals surface area contributed by atoms with Crippen LogP contribution in [0, 0.1) is 11.3 Å². The van der Waals surface area contributed by atoms with Gasteiger partial charge in [-0.05, 0) is 25.0 Å². The minimum atomic E-state index is -0.391. The van der Waals surface area contributed by atoms with Crippen molar-refractivity contribution in [2.24, 2.45) is 0 Å². The monoisotopic (exact) mass is 363 g/mol. The standard InChI is InChI=1S/C18H17N7O2/c1-27-18(26)11-3-2-4-13-15(11)25(10-5-6-10)14(24-13)8-21-17-12(7-19)16(20)22-9-23-17/h2-4,9-10H,5-6,8H2,1H3,(H3,20,21,22,23). The zero-order chi connectivity index (χ0) is 19.0. The van der Waals surface area contributed by atoms with Crippen LogP contribution in [0.4, 0.5) is 11.6 Å². The predicted octanol–water partition coefficient (Wildman–Crippen LogP) is 2.01. The van der Waals surface area contributed by atoms with E-state index < -0.39 is 5.97 Å². The molecule has 0 atom stereocenters. The van der Waals surface area contributed by atoms with E-state index in [9.17, 15) is 10.1 Å². The molecule has 1 aliphatic rings. The van der Waals surface area contributed by atoms with E-state index in [1.54, 1.807) is 12.1 Å². The quantitative estimate of drug-likeness (QED) is 0.658. The number of aromatic nitrogens is 4. The number of hydrogen-bond donors (Lipinski definition) is 2. The highest BCUT2D eigenvalue weighted by Crippen LogP contribution is 2.39. The number of nitriles is 1. The molecule has 9 nitrogen and oxygen atoms in total. The highest BCUT2D eigenvalue weighted by molar-refractivity contribution is 6.02. The summed E-state index contributed by atoms with van der Waals surface area (Å²) in [6.07, 6.45) is 3.35. The van der Waals surface area contributed by atoms with Gasteiger partial charge in [0, 0.05) is 6.04 Å². The molecule has 1 fully saturated rings. The number of nitrogen functional groups attached to an aromatic ring is 1. The van der Waals surface area contributed by atoms with Crippen LogP contribution in [-0.4, -0.2) is 32.6 Å². The molecule has 0 aliphatic heterocycles. The van der Waals surface area contributed by atoms with Gasteiger partial charge in [0.15, 0.2) is 0 Å². The maximum absolute atomic E-state index is 12.2. The van der Waals surface area contributed by atoms with Crippen LogP contribution in [-0.2, 0) is 11.3 Å². The fraction of sp³-hybridized carbons (Fsp3) is 0.278.